The minimum Gasteiger partial charge on any atom is -0.453 e. The number of fused-ring (bicyclic) bond motifs is 1. The summed E-state index contributed by atoms with van der Waals surface area (Å²) in [7, 11) is -3.78. The zero-order valence-corrected chi connectivity index (χ0v) is 16.7. The molecule has 1 aliphatic rings. The number of H-pyrrole nitrogens is 1. The fraction of sp³-hybridized carbons (Fsp3) is 0.263. The van der Waals surface area contributed by atoms with Gasteiger partial charge in [0.15, 0.2) is 6.61 Å². The number of sulfonamides is 1. The number of aryl methyl sites for hydroxylation is 1. The highest BCUT2D eigenvalue weighted by atomic mass is 32.2. The number of rotatable bonds is 7. The summed E-state index contributed by atoms with van der Waals surface area (Å²) in [5.74, 6) is -1.17. The molecule has 4 rings (SSSR count). The number of hydrogen-bond donors (Lipinski definition) is 2. The highest BCUT2D eigenvalue weighted by molar-refractivity contribution is 7.89. The van der Waals surface area contributed by atoms with Crippen LogP contribution in [0.25, 0.3) is 10.9 Å². The maximum atomic E-state index is 12.6. The van der Waals surface area contributed by atoms with Crippen molar-refractivity contribution in [3.8, 4) is 0 Å². The first-order valence-electron chi connectivity index (χ1n) is 8.74. The molecule has 3 aromatic rings. The van der Waals surface area contributed by atoms with Gasteiger partial charge in [0, 0.05) is 28.2 Å². The van der Waals surface area contributed by atoms with Gasteiger partial charge in [0.05, 0.1) is 0 Å². The lowest BCUT2D eigenvalue weighted by molar-refractivity contribution is 0.0476. The standard InChI is InChI=1S/C19H18N2O5S2/c1-11-17(13-4-2-3-5-14(13)20-11)15(22)10-26-19(23)18-16(8-9-27-18)28(24,25)21-12-6-7-12/h2-5,8-9,12,20-21H,6-7,10H2,1H3. The van der Waals surface area contributed by atoms with E-state index >= 15 is 0 Å². The van der Waals surface area contributed by atoms with Crippen LogP contribution in [0.4, 0.5) is 0 Å². The molecule has 2 aromatic heterocycles. The predicted molar refractivity (Wildman–Crippen MR) is 105 cm³/mol. The van der Waals surface area contributed by atoms with Crippen LogP contribution in [0.3, 0.4) is 0 Å². The molecule has 0 saturated heterocycles. The maximum Gasteiger partial charge on any atom is 0.350 e. The van der Waals surface area contributed by atoms with Gasteiger partial charge in [-0.25, -0.2) is 17.9 Å². The Balaban J connectivity index is 1.50. The largest absolute Gasteiger partial charge is 0.453 e. The number of benzene rings is 1. The molecule has 0 unspecified atom stereocenters. The number of aromatic amines is 1. The molecule has 1 aromatic carbocycles. The summed E-state index contributed by atoms with van der Waals surface area (Å²) in [6.07, 6.45) is 1.59. The molecule has 28 heavy (non-hydrogen) atoms. The van der Waals surface area contributed by atoms with Crippen molar-refractivity contribution >= 4 is 44.0 Å². The fourth-order valence-corrected chi connectivity index (χ4v) is 5.66. The topological polar surface area (TPSA) is 105 Å². The molecule has 7 nitrogen and oxygen atoms in total. The number of thiophene rings is 1. The second-order valence-electron chi connectivity index (χ2n) is 6.68. The Morgan fingerprint density at radius 2 is 2.00 bits per heavy atom. The molecule has 0 bridgehead atoms. The molecule has 1 saturated carbocycles. The van der Waals surface area contributed by atoms with Gasteiger partial charge in [0.1, 0.15) is 9.77 Å². The lowest BCUT2D eigenvalue weighted by Gasteiger charge is -2.07. The van der Waals surface area contributed by atoms with Gasteiger partial charge in [0.2, 0.25) is 15.8 Å². The smallest absolute Gasteiger partial charge is 0.350 e. The molecular formula is C19H18N2O5S2. The van der Waals surface area contributed by atoms with Crippen LogP contribution >= 0.6 is 11.3 Å². The lowest BCUT2D eigenvalue weighted by atomic mass is 10.1. The molecule has 0 spiro atoms. The summed E-state index contributed by atoms with van der Waals surface area (Å²) in [5.41, 5.74) is 1.99. The molecule has 2 N–H and O–H groups in total. The Morgan fingerprint density at radius 3 is 2.75 bits per heavy atom. The van der Waals surface area contributed by atoms with Crippen molar-refractivity contribution in [3.05, 3.63) is 51.8 Å². The average molecular weight is 418 g/mol. The Bertz CT molecular complexity index is 1170. The number of carbonyl (C=O) groups excluding carboxylic acids is 2. The molecule has 0 atom stereocenters. The van der Waals surface area contributed by atoms with Gasteiger partial charge in [0.25, 0.3) is 0 Å². The normalized spacial score (nSPS) is 14.3. The molecular weight excluding hydrogens is 400 g/mol. The maximum absolute atomic E-state index is 12.6. The van der Waals surface area contributed by atoms with E-state index in [1.807, 2.05) is 24.3 Å². The van der Waals surface area contributed by atoms with Crippen molar-refractivity contribution in [3.63, 3.8) is 0 Å². The molecule has 0 amide bonds. The highest BCUT2D eigenvalue weighted by Crippen LogP contribution is 2.27. The number of hydrogen-bond acceptors (Lipinski definition) is 6. The first-order valence-corrected chi connectivity index (χ1v) is 11.1. The quantitative estimate of drug-likeness (QED) is 0.453. The first-order chi connectivity index (χ1) is 13.4. The zero-order valence-electron chi connectivity index (χ0n) is 15.0. The Kier molecular flexibility index (Phi) is 4.82. The number of ketones is 1. The Hall–Kier alpha value is -2.49. The number of aromatic nitrogens is 1. The van der Waals surface area contributed by atoms with E-state index in [4.69, 9.17) is 4.74 Å². The van der Waals surface area contributed by atoms with Crippen LogP contribution in [0.15, 0.2) is 40.6 Å². The van der Waals surface area contributed by atoms with Crippen molar-refractivity contribution in [1.29, 1.82) is 0 Å². The fourth-order valence-electron chi connectivity index (χ4n) is 3.05. The Labute approximate surface area is 165 Å². The minimum absolute atomic E-state index is 0.0309. The molecule has 2 heterocycles. The van der Waals surface area contributed by atoms with E-state index in [0.717, 1.165) is 35.1 Å². The summed E-state index contributed by atoms with van der Waals surface area (Å²) in [4.78, 5) is 28.1. The highest BCUT2D eigenvalue weighted by Gasteiger charge is 2.32. The van der Waals surface area contributed by atoms with Crippen molar-refractivity contribution < 1.29 is 22.7 Å². The summed E-state index contributed by atoms with van der Waals surface area (Å²) < 4.78 is 32.5. The third-order valence-electron chi connectivity index (χ3n) is 4.51. The SMILES string of the molecule is Cc1[nH]c2ccccc2c1C(=O)COC(=O)c1sccc1S(=O)(=O)NC1CC1. The van der Waals surface area contributed by atoms with E-state index in [2.05, 4.69) is 9.71 Å². The van der Waals surface area contributed by atoms with Crippen LogP contribution in [0, 0.1) is 6.92 Å². The van der Waals surface area contributed by atoms with Gasteiger partial charge in [-0.2, -0.15) is 0 Å². The van der Waals surface area contributed by atoms with Crippen LogP contribution in [-0.2, 0) is 14.8 Å². The van der Waals surface area contributed by atoms with Crippen LogP contribution in [-0.4, -0.2) is 37.8 Å². The number of esters is 1. The zero-order chi connectivity index (χ0) is 19.9. The monoisotopic (exact) mass is 418 g/mol. The Morgan fingerprint density at radius 1 is 1.25 bits per heavy atom. The minimum atomic E-state index is -3.78. The van der Waals surface area contributed by atoms with Crippen LogP contribution < -0.4 is 4.72 Å². The number of carbonyl (C=O) groups is 2. The molecule has 0 aliphatic heterocycles. The van der Waals surface area contributed by atoms with Gasteiger partial charge < -0.3 is 9.72 Å². The van der Waals surface area contributed by atoms with Crippen LogP contribution in [0.2, 0.25) is 0 Å². The average Bonchev–Trinajstić information content (AvgIpc) is 3.19. The number of Topliss-reactive ketones (excluding diaryl/α,β-unsaturated/α-hetero) is 1. The van der Waals surface area contributed by atoms with Gasteiger partial charge >= 0.3 is 5.97 Å². The third-order valence-corrected chi connectivity index (χ3v) is 7.10. The van der Waals surface area contributed by atoms with E-state index in [0.29, 0.717) is 11.3 Å². The van der Waals surface area contributed by atoms with Gasteiger partial charge in [-0.05, 0) is 37.3 Å². The first kappa shape index (κ1) is 18.9. The van der Waals surface area contributed by atoms with Crippen molar-refractivity contribution in [2.45, 2.75) is 30.7 Å². The van der Waals surface area contributed by atoms with E-state index in [1.54, 1.807) is 6.92 Å². The summed E-state index contributed by atoms with van der Waals surface area (Å²) in [6, 6.07) is 8.68. The van der Waals surface area contributed by atoms with Crippen molar-refractivity contribution in [2.75, 3.05) is 6.61 Å². The van der Waals surface area contributed by atoms with Crippen LogP contribution in [0.5, 0.6) is 0 Å². The number of ether oxygens (including phenoxy) is 1. The van der Waals surface area contributed by atoms with E-state index in [-0.39, 0.29) is 21.6 Å². The van der Waals surface area contributed by atoms with Gasteiger partial charge in [-0.3, -0.25) is 4.79 Å². The second kappa shape index (κ2) is 7.16. The summed E-state index contributed by atoms with van der Waals surface area (Å²) >= 11 is 0.976. The third kappa shape index (κ3) is 3.60. The van der Waals surface area contributed by atoms with Gasteiger partial charge in [-0.15, -0.1) is 11.3 Å². The second-order valence-corrected chi connectivity index (χ2v) is 9.28. The molecule has 1 aliphatic carbocycles. The molecule has 0 radical (unpaired) electrons. The summed E-state index contributed by atoms with van der Waals surface area (Å²) in [5, 5.41) is 2.28. The van der Waals surface area contributed by atoms with Crippen LogP contribution in [0.1, 0.15) is 38.6 Å². The van der Waals surface area contributed by atoms with E-state index < -0.39 is 22.6 Å². The van der Waals surface area contributed by atoms with Crippen molar-refractivity contribution in [2.24, 2.45) is 0 Å². The number of nitrogens with one attached hydrogen (secondary N) is 2. The summed E-state index contributed by atoms with van der Waals surface area (Å²) in [6.45, 7) is 1.32. The van der Waals surface area contributed by atoms with Gasteiger partial charge in [-0.1, -0.05) is 18.2 Å². The van der Waals surface area contributed by atoms with E-state index in [1.165, 1.54) is 11.4 Å². The predicted octanol–water partition coefficient (Wildman–Crippen LogP) is 3.02. The van der Waals surface area contributed by atoms with E-state index in [9.17, 15) is 18.0 Å². The molecule has 1 fully saturated rings. The molecule has 146 valence electrons. The van der Waals surface area contributed by atoms with Crippen molar-refractivity contribution in [1.82, 2.24) is 9.71 Å². The molecule has 9 heteroatoms. The number of para-hydroxylation sites is 1. The lowest BCUT2D eigenvalue weighted by Crippen LogP contribution is -2.27.